The molecule has 1 aromatic rings. The van der Waals surface area contributed by atoms with E-state index >= 15 is 0 Å². The monoisotopic (exact) mass is 221 g/mol. The molecule has 0 amide bonds. The van der Waals surface area contributed by atoms with Gasteiger partial charge in [-0.15, -0.1) is 0 Å². The Hall–Kier alpha value is -1.13. The first-order chi connectivity index (χ1) is 7.68. The second-order valence-corrected chi connectivity index (χ2v) is 4.39. The summed E-state index contributed by atoms with van der Waals surface area (Å²) in [5, 5.41) is 0. The first-order valence-electron chi connectivity index (χ1n) is 5.69. The number of ether oxygens (including phenoxy) is 1. The molecule has 88 valence electrons. The Kier molecular flexibility index (Phi) is 3.41. The number of rotatable bonds is 3. The van der Waals surface area contributed by atoms with E-state index in [1.807, 2.05) is 12.1 Å². The maximum absolute atomic E-state index is 5.83. The minimum absolute atomic E-state index is 0.308. The highest BCUT2D eigenvalue weighted by molar-refractivity contribution is 5.38. The molecule has 1 aliphatic heterocycles. The minimum atomic E-state index is 0.308. The van der Waals surface area contributed by atoms with E-state index in [9.17, 15) is 0 Å². The highest BCUT2D eigenvalue weighted by atomic mass is 16.5. The van der Waals surface area contributed by atoms with Crippen molar-refractivity contribution in [1.82, 2.24) is 9.88 Å². The second kappa shape index (κ2) is 4.80. The zero-order valence-electron chi connectivity index (χ0n) is 9.89. The smallest absolute Gasteiger partial charge is 0.127 e. The van der Waals surface area contributed by atoms with Crippen molar-refractivity contribution in [2.45, 2.75) is 32.0 Å². The summed E-state index contributed by atoms with van der Waals surface area (Å²) in [6.07, 6.45) is 3.13. The molecule has 1 aromatic heterocycles. The highest BCUT2D eigenvalue weighted by Crippen LogP contribution is 2.20. The van der Waals surface area contributed by atoms with E-state index in [2.05, 4.69) is 23.9 Å². The van der Waals surface area contributed by atoms with Crippen LogP contribution in [0, 0.1) is 0 Å². The molecule has 4 heteroatoms. The molecule has 1 fully saturated rings. The normalized spacial score (nSPS) is 25.2. The van der Waals surface area contributed by atoms with Crippen molar-refractivity contribution in [2.24, 2.45) is 0 Å². The predicted octanol–water partition coefficient (Wildman–Crippen LogP) is 1.27. The maximum Gasteiger partial charge on any atom is 0.127 e. The summed E-state index contributed by atoms with van der Waals surface area (Å²) < 4.78 is 5.57. The third-order valence-corrected chi connectivity index (χ3v) is 3.25. The van der Waals surface area contributed by atoms with Gasteiger partial charge in [0.05, 0.1) is 6.10 Å². The van der Waals surface area contributed by atoms with Gasteiger partial charge in [0.25, 0.3) is 0 Å². The van der Waals surface area contributed by atoms with Crippen LogP contribution in [0.2, 0.25) is 0 Å². The van der Waals surface area contributed by atoms with Crippen molar-refractivity contribution in [3.8, 4) is 0 Å². The van der Waals surface area contributed by atoms with Gasteiger partial charge < -0.3 is 10.5 Å². The highest BCUT2D eigenvalue weighted by Gasteiger charge is 2.27. The molecule has 4 nitrogen and oxygen atoms in total. The lowest BCUT2D eigenvalue weighted by molar-refractivity contribution is 0.0815. The van der Waals surface area contributed by atoms with Crippen LogP contribution in [-0.4, -0.2) is 35.7 Å². The number of aromatic nitrogens is 1. The van der Waals surface area contributed by atoms with E-state index in [-0.39, 0.29) is 0 Å². The number of nitrogens with two attached hydrogens (primary N) is 1. The number of anilines is 1. The average molecular weight is 221 g/mol. The number of nitrogens with zero attached hydrogens (tertiary/aromatic N) is 2. The summed E-state index contributed by atoms with van der Waals surface area (Å²) in [6, 6.07) is 4.44. The summed E-state index contributed by atoms with van der Waals surface area (Å²) in [7, 11) is 2.11. The Bertz CT molecular complexity index is 356. The summed E-state index contributed by atoms with van der Waals surface area (Å²) in [5.41, 5.74) is 6.92. The molecule has 0 saturated carbocycles. The van der Waals surface area contributed by atoms with Crippen molar-refractivity contribution in [3.63, 3.8) is 0 Å². The number of hydrogen-bond acceptors (Lipinski definition) is 4. The van der Waals surface area contributed by atoms with Crippen LogP contribution in [0.25, 0.3) is 0 Å². The molecule has 0 aromatic carbocycles. The van der Waals surface area contributed by atoms with E-state index in [1.54, 1.807) is 6.20 Å². The Morgan fingerprint density at radius 3 is 3.06 bits per heavy atom. The Morgan fingerprint density at radius 2 is 2.44 bits per heavy atom. The summed E-state index contributed by atoms with van der Waals surface area (Å²) >= 11 is 0. The van der Waals surface area contributed by atoms with Crippen LogP contribution in [-0.2, 0) is 11.3 Å². The van der Waals surface area contributed by atoms with Crippen LogP contribution >= 0.6 is 0 Å². The molecule has 0 spiro atoms. The van der Waals surface area contributed by atoms with Crippen molar-refractivity contribution >= 4 is 5.82 Å². The standard InChI is InChI=1S/C12H19N3O/c1-9-11(5-7-16-9)15(2)8-10-4-3-6-14-12(10)13/h3-4,6,9,11H,5,7-8H2,1-2H3,(H2,13,14). The van der Waals surface area contributed by atoms with Crippen molar-refractivity contribution in [2.75, 3.05) is 19.4 Å². The van der Waals surface area contributed by atoms with Gasteiger partial charge in [-0.25, -0.2) is 4.98 Å². The van der Waals surface area contributed by atoms with E-state index < -0.39 is 0 Å². The van der Waals surface area contributed by atoms with Gasteiger partial charge in [0, 0.05) is 31.0 Å². The van der Waals surface area contributed by atoms with Crippen LogP contribution < -0.4 is 5.73 Å². The van der Waals surface area contributed by atoms with Gasteiger partial charge in [-0.05, 0) is 26.5 Å². The van der Waals surface area contributed by atoms with Gasteiger partial charge in [-0.2, -0.15) is 0 Å². The Morgan fingerprint density at radius 1 is 1.62 bits per heavy atom. The van der Waals surface area contributed by atoms with Gasteiger partial charge in [0.2, 0.25) is 0 Å². The molecule has 2 rings (SSSR count). The number of nitrogen functional groups attached to an aromatic ring is 1. The molecule has 1 aliphatic rings. The van der Waals surface area contributed by atoms with Crippen LogP contribution in [0.5, 0.6) is 0 Å². The quantitative estimate of drug-likeness (QED) is 0.835. The number of hydrogen-bond donors (Lipinski definition) is 1. The number of likely N-dealkylation sites (N-methyl/N-ethyl adjacent to an activating group) is 1. The molecule has 1 saturated heterocycles. The lowest BCUT2D eigenvalue weighted by Gasteiger charge is -2.26. The maximum atomic E-state index is 5.83. The van der Waals surface area contributed by atoms with Crippen LogP contribution in [0.1, 0.15) is 18.9 Å². The van der Waals surface area contributed by atoms with E-state index in [0.717, 1.165) is 25.1 Å². The fourth-order valence-corrected chi connectivity index (χ4v) is 2.27. The van der Waals surface area contributed by atoms with Gasteiger partial charge in [0.15, 0.2) is 0 Å². The first kappa shape index (κ1) is 11.4. The van der Waals surface area contributed by atoms with Gasteiger partial charge >= 0.3 is 0 Å². The van der Waals surface area contributed by atoms with E-state index in [1.165, 1.54) is 0 Å². The fraction of sp³-hybridized carbons (Fsp3) is 0.583. The van der Waals surface area contributed by atoms with Crippen molar-refractivity contribution < 1.29 is 4.74 Å². The molecule has 2 atom stereocenters. The van der Waals surface area contributed by atoms with E-state index in [4.69, 9.17) is 10.5 Å². The van der Waals surface area contributed by atoms with Gasteiger partial charge in [-0.3, -0.25) is 4.90 Å². The van der Waals surface area contributed by atoms with Crippen LogP contribution in [0.15, 0.2) is 18.3 Å². The number of pyridine rings is 1. The zero-order chi connectivity index (χ0) is 11.5. The second-order valence-electron chi connectivity index (χ2n) is 4.39. The zero-order valence-corrected chi connectivity index (χ0v) is 9.89. The molecule has 2 N–H and O–H groups in total. The Labute approximate surface area is 96.4 Å². The topological polar surface area (TPSA) is 51.4 Å². The molecule has 0 radical (unpaired) electrons. The fourth-order valence-electron chi connectivity index (χ4n) is 2.27. The molecule has 2 heterocycles. The summed E-state index contributed by atoms with van der Waals surface area (Å²) in [4.78, 5) is 6.39. The lowest BCUT2D eigenvalue weighted by Crippen LogP contribution is -2.36. The van der Waals surface area contributed by atoms with E-state index in [0.29, 0.717) is 18.0 Å². The minimum Gasteiger partial charge on any atom is -0.383 e. The van der Waals surface area contributed by atoms with Crippen LogP contribution in [0.3, 0.4) is 0 Å². The molecular formula is C12H19N3O. The SMILES string of the molecule is CC1OCCC1N(C)Cc1cccnc1N. The lowest BCUT2D eigenvalue weighted by atomic mass is 10.1. The van der Waals surface area contributed by atoms with Gasteiger partial charge in [0.1, 0.15) is 5.82 Å². The summed E-state index contributed by atoms with van der Waals surface area (Å²) in [6.45, 7) is 3.82. The molecule has 2 unspecified atom stereocenters. The van der Waals surface area contributed by atoms with Crippen LogP contribution in [0.4, 0.5) is 5.82 Å². The van der Waals surface area contributed by atoms with Crippen molar-refractivity contribution in [3.05, 3.63) is 23.9 Å². The largest absolute Gasteiger partial charge is 0.383 e. The Balaban J connectivity index is 2.02. The molecule has 0 aliphatic carbocycles. The molecule has 0 bridgehead atoms. The average Bonchev–Trinajstić information content (AvgIpc) is 2.68. The van der Waals surface area contributed by atoms with Gasteiger partial charge in [-0.1, -0.05) is 6.07 Å². The first-order valence-corrected chi connectivity index (χ1v) is 5.69. The molecular weight excluding hydrogens is 202 g/mol. The third kappa shape index (κ3) is 2.33. The molecule has 16 heavy (non-hydrogen) atoms. The summed E-state index contributed by atoms with van der Waals surface area (Å²) in [5.74, 6) is 0.626. The van der Waals surface area contributed by atoms with Crippen molar-refractivity contribution in [1.29, 1.82) is 0 Å². The third-order valence-electron chi connectivity index (χ3n) is 3.25. The predicted molar refractivity (Wildman–Crippen MR) is 63.9 cm³/mol.